The van der Waals surface area contributed by atoms with E-state index >= 15 is 0 Å². The molecule has 2 nitrogen and oxygen atoms in total. The number of piperidine rings is 1. The Morgan fingerprint density at radius 1 is 1.17 bits per heavy atom. The first kappa shape index (κ1) is 14.0. The predicted octanol–water partition coefficient (Wildman–Crippen LogP) is 3.55. The van der Waals surface area contributed by atoms with Gasteiger partial charge in [0.05, 0.1) is 0 Å². The van der Waals surface area contributed by atoms with Crippen LogP contribution in [0.5, 0.6) is 0 Å². The normalized spacial score (nSPS) is 32.1. The molecule has 0 aromatic rings. The minimum Gasteiger partial charge on any atom is -0.317 e. The summed E-state index contributed by atoms with van der Waals surface area (Å²) in [4.78, 5) is 13.0. The van der Waals surface area contributed by atoms with E-state index in [1.165, 1.54) is 25.7 Å². The Hall–Kier alpha value is -0.370. The minimum absolute atomic E-state index is 0.0146. The number of hydrogen-bond donors (Lipinski definition) is 1. The van der Waals surface area contributed by atoms with Crippen LogP contribution in [0.15, 0.2) is 0 Å². The van der Waals surface area contributed by atoms with Crippen molar-refractivity contribution in [3.8, 4) is 0 Å². The van der Waals surface area contributed by atoms with E-state index in [1.54, 1.807) is 0 Å². The monoisotopic (exact) mass is 251 g/mol. The van der Waals surface area contributed by atoms with E-state index in [0.29, 0.717) is 17.6 Å². The van der Waals surface area contributed by atoms with E-state index in [0.717, 1.165) is 38.8 Å². The molecule has 0 amide bonds. The van der Waals surface area contributed by atoms with Crippen molar-refractivity contribution in [2.45, 2.75) is 65.2 Å². The van der Waals surface area contributed by atoms with Crippen molar-refractivity contribution in [3.05, 3.63) is 0 Å². The molecule has 1 saturated carbocycles. The number of Topliss-reactive ketones (excluding diaryl/α,β-unsaturated/α-hetero) is 1. The summed E-state index contributed by atoms with van der Waals surface area (Å²) >= 11 is 0. The van der Waals surface area contributed by atoms with Crippen LogP contribution < -0.4 is 5.32 Å². The Labute approximate surface area is 112 Å². The molecule has 18 heavy (non-hydrogen) atoms. The Morgan fingerprint density at radius 2 is 1.83 bits per heavy atom. The van der Waals surface area contributed by atoms with Crippen LogP contribution in [0.1, 0.15) is 65.2 Å². The van der Waals surface area contributed by atoms with E-state index in [1.807, 2.05) is 0 Å². The first-order chi connectivity index (χ1) is 8.73. The van der Waals surface area contributed by atoms with Gasteiger partial charge in [-0.2, -0.15) is 0 Å². The van der Waals surface area contributed by atoms with Crippen LogP contribution in [-0.4, -0.2) is 18.9 Å². The van der Waals surface area contributed by atoms with Crippen molar-refractivity contribution in [3.63, 3.8) is 0 Å². The van der Waals surface area contributed by atoms with Crippen LogP contribution >= 0.6 is 0 Å². The van der Waals surface area contributed by atoms with E-state index < -0.39 is 0 Å². The maximum absolute atomic E-state index is 13.0. The zero-order valence-electron chi connectivity index (χ0n) is 12.1. The highest BCUT2D eigenvalue weighted by Gasteiger charge is 2.43. The van der Waals surface area contributed by atoms with Crippen molar-refractivity contribution < 1.29 is 4.79 Å². The van der Waals surface area contributed by atoms with Crippen LogP contribution in [0.4, 0.5) is 0 Å². The number of rotatable bonds is 4. The molecule has 2 rings (SSSR count). The minimum atomic E-state index is 0.0146. The lowest BCUT2D eigenvalue weighted by Gasteiger charge is -2.41. The molecular weight excluding hydrogens is 222 g/mol. The Morgan fingerprint density at radius 3 is 2.44 bits per heavy atom. The molecule has 2 aliphatic rings. The molecule has 1 N–H and O–H groups in total. The summed E-state index contributed by atoms with van der Waals surface area (Å²) in [6, 6.07) is 0. The summed E-state index contributed by atoms with van der Waals surface area (Å²) in [5, 5.41) is 3.40. The zero-order chi connectivity index (χ0) is 13.0. The summed E-state index contributed by atoms with van der Waals surface area (Å²) < 4.78 is 0. The molecule has 2 heteroatoms. The highest BCUT2D eigenvalue weighted by molar-refractivity contribution is 5.87. The quantitative estimate of drug-likeness (QED) is 0.828. The van der Waals surface area contributed by atoms with Gasteiger partial charge in [-0.15, -0.1) is 0 Å². The van der Waals surface area contributed by atoms with E-state index in [9.17, 15) is 4.79 Å². The Kier molecular flexibility index (Phi) is 4.83. The van der Waals surface area contributed by atoms with Gasteiger partial charge in [0.15, 0.2) is 0 Å². The van der Waals surface area contributed by atoms with Gasteiger partial charge in [-0.3, -0.25) is 4.79 Å². The van der Waals surface area contributed by atoms with Gasteiger partial charge in [-0.25, -0.2) is 0 Å². The average Bonchev–Trinajstić information content (AvgIpc) is 2.47. The summed E-state index contributed by atoms with van der Waals surface area (Å²) in [6.45, 7) is 6.54. The van der Waals surface area contributed by atoms with Crippen molar-refractivity contribution in [1.29, 1.82) is 0 Å². The fourth-order valence-corrected chi connectivity index (χ4v) is 4.11. The van der Waals surface area contributed by atoms with E-state index in [4.69, 9.17) is 0 Å². The fraction of sp³-hybridized carbons (Fsp3) is 0.938. The number of hydrogen-bond acceptors (Lipinski definition) is 2. The van der Waals surface area contributed by atoms with Crippen LogP contribution in [0.2, 0.25) is 0 Å². The van der Waals surface area contributed by atoms with Crippen LogP contribution in [-0.2, 0) is 4.79 Å². The van der Waals surface area contributed by atoms with Gasteiger partial charge < -0.3 is 5.32 Å². The van der Waals surface area contributed by atoms with Crippen molar-refractivity contribution in [1.82, 2.24) is 5.32 Å². The van der Waals surface area contributed by atoms with Gasteiger partial charge in [0.1, 0.15) is 5.78 Å². The molecule has 1 saturated heterocycles. The zero-order valence-corrected chi connectivity index (χ0v) is 12.1. The van der Waals surface area contributed by atoms with Gasteiger partial charge in [-0.05, 0) is 51.1 Å². The molecule has 1 aliphatic carbocycles. The number of carbonyl (C=O) groups excluding carboxylic acids is 1. The van der Waals surface area contributed by atoms with E-state index in [-0.39, 0.29) is 5.41 Å². The molecule has 0 spiro atoms. The SMILES string of the molecule is CCC1CCCCC1C(=O)C1(CC)CCNCC1. The third kappa shape index (κ3) is 2.64. The molecule has 2 fully saturated rings. The lowest BCUT2D eigenvalue weighted by molar-refractivity contribution is -0.137. The Balaban J connectivity index is 2.11. The molecule has 104 valence electrons. The summed E-state index contributed by atoms with van der Waals surface area (Å²) in [5.74, 6) is 1.67. The first-order valence-corrected chi connectivity index (χ1v) is 7.98. The predicted molar refractivity (Wildman–Crippen MR) is 75.6 cm³/mol. The topological polar surface area (TPSA) is 29.1 Å². The molecule has 2 atom stereocenters. The Bertz CT molecular complexity index is 281. The van der Waals surface area contributed by atoms with Crippen molar-refractivity contribution in [2.75, 3.05) is 13.1 Å². The second-order valence-corrected chi connectivity index (χ2v) is 6.31. The fourth-order valence-electron chi connectivity index (χ4n) is 4.11. The molecule has 2 unspecified atom stereocenters. The number of ketones is 1. The number of carbonyl (C=O) groups is 1. The standard InChI is InChI=1S/C16H29NO/c1-3-13-7-5-6-8-14(13)15(18)16(4-2)9-11-17-12-10-16/h13-14,17H,3-12H2,1-2H3. The molecule has 1 aliphatic heterocycles. The maximum atomic E-state index is 13.0. The highest BCUT2D eigenvalue weighted by Crippen LogP contribution is 2.42. The van der Waals surface area contributed by atoms with Gasteiger partial charge in [0.2, 0.25) is 0 Å². The van der Waals surface area contributed by atoms with Gasteiger partial charge >= 0.3 is 0 Å². The largest absolute Gasteiger partial charge is 0.317 e. The third-order valence-corrected chi connectivity index (χ3v) is 5.53. The lowest BCUT2D eigenvalue weighted by atomic mass is 9.64. The second-order valence-electron chi connectivity index (χ2n) is 6.31. The van der Waals surface area contributed by atoms with Gasteiger partial charge in [0, 0.05) is 11.3 Å². The number of nitrogens with one attached hydrogen (secondary N) is 1. The van der Waals surface area contributed by atoms with Crippen LogP contribution in [0, 0.1) is 17.3 Å². The van der Waals surface area contributed by atoms with Crippen LogP contribution in [0.3, 0.4) is 0 Å². The highest BCUT2D eigenvalue weighted by atomic mass is 16.1. The summed E-state index contributed by atoms with van der Waals surface area (Å²) in [5.41, 5.74) is 0.0146. The average molecular weight is 251 g/mol. The molecule has 0 aromatic carbocycles. The van der Waals surface area contributed by atoms with Crippen LogP contribution in [0.25, 0.3) is 0 Å². The smallest absolute Gasteiger partial charge is 0.142 e. The summed E-state index contributed by atoms with van der Waals surface area (Å²) in [6.07, 6.45) is 9.41. The van der Waals surface area contributed by atoms with E-state index in [2.05, 4.69) is 19.2 Å². The summed E-state index contributed by atoms with van der Waals surface area (Å²) in [7, 11) is 0. The molecule has 1 heterocycles. The molecule has 0 radical (unpaired) electrons. The van der Waals surface area contributed by atoms with Crippen molar-refractivity contribution >= 4 is 5.78 Å². The van der Waals surface area contributed by atoms with Crippen molar-refractivity contribution in [2.24, 2.45) is 17.3 Å². The lowest BCUT2D eigenvalue weighted by Crippen LogP contribution is -2.46. The molecule has 0 bridgehead atoms. The molecule has 0 aromatic heterocycles. The first-order valence-electron chi connectivity index (χ1n) is 7.98. The third-order valence-electron chi connectivity index (χ3n) is 5.53. The second kappa shape index (κ2) is 6.18. The molecular formula is C16H29NO. The van der Waals surface area contributed by atoms with Gasteiger partial charge in [-0.1, -0.05) is 33.1 Å². The maximum Gasteiger partial charge on any atom is 0.142 e. The van der Waals surface area contributed by atoms with Gasteiger partial charge in [0.25, 0.3) is 0 Å².